The van der Waals surface area contributed by atoms with E-state index in [9.17, 15) is 0 Å². The number of rotatable bonds is 6. The van der Waals surface area contributed by atoms with Gasteiger partial charge < -0.3 is 15.8 Å². The summed E-state index contributed by atoms with van der Waals surface area (Å²) in [6.07, 6.45) is 3.02. The maximum atomic E-state index is 5.81. The molecule has 0 aliphatic carbocycles. The van der Waals surface area contributed by atoms with Crippen molar-refractivity contribution in [1.82, 2.24) is 9.36 Å². The van der Waals surface area contributed by atoms with Crippen LogP contribution in [0, 0.1) is 0 Å². The van der Waals surface area contributed by atoms with E-state index in [1.165, 1.54) is 16.4 Å². The molecular formula is C12H18N4OS2. The first kappa shape index (κ1) is 14.1. The molecule has 0 saturated carbocycles. The van der Waals surface area contributed by atoms with Crippen LogP contribution in [0.4, 0.5) is 10.8 Å². The normalized spacial score (nSPS) is 10.9. The quantitative estimate of drug-likeness (QED) is 0.857. The highest BCUT2D eigenvalue weighted by Crippen LogP contribution is 2.36. The van der Waals surface area contributed by atoms with Crippen LogP contribution < -0.4 is 15.8 Å². The summed E-state index contributed by atoms with van der Waals surface area (Å²) >= 11 is 3.03. The smallest absolute Gasteiger partial charge is 0.197 e. The molecule has 0 radical (unpaired) electrons. The number of thiazole rings is 1. The van der Waals surface area contributed by atoms with E-state index < -0.39 is 0 Å². The molecule has 2 aromatic rings. The van der Waals surface area contributed by atoms with E-state index in [1.807, 2.05) is 20.0 Å². The number of ether oxygens (including phenoxy) is 1. The predicted molar refractivity (Wildman–Crippen MR) is 81.1 cm³/mol. The zero-order chi connectivity index (χ0) is 13.8. The molecular weight excluding hydrogens is 280 g/mol. The van der Waals surface area contributed by atoms with E-state index in [1.54, 1.807) is 11.3 Å². The highest BCUT2D eigenvalue weighted by atomic mass is 32.1. The lowest BCUT2D eigenvalue weighted by molar-refractivity contribution is 0.245. The topological polar surface area (TPSA) is 73.1 Å². The lowest BCUT2D eigenvalue weighted by atomic mass is 10.4. The molecule has 0 spiro atoms. The van der Waals surface area contributed by atoms with Gasteiger partial charge in [0.1, 0.15) is 5.01 Å². The van der Waals surface area contributed by atoms with Crippen LogP contribution in [-0.4, -0.2) is 15.5 Å². The second kappa shape index (κ2) is 6.21. The van der Waals surface area contributed by atoms with Crippen molar-refractivity contribution in [2.45, 2.75) is 39.8 Å². The van der Waals surface area contributed by atoms with Crippen molar-refractivity contribution >= 4 is 33.7 Å². The number of hydrogen-bond donors (Lipinski definition) is 2. The summed E-state index contributed by atoms with van der Waals surface area (Å²) in [4.78, 5) is 5.66. The minimum atomic E-state index is 0.0748. The average Bonchev–Trinajstić information content (AvgIpc) is 2.95. The highest BCUT2D eigenvalue weighted by Gasteiger charge is 2.14. The largest absolute Gasteiger partial charge is 0.484 e. The number of nitrogens with two attached hydrogens (primary N) is 1. The first-order chi connectivity index (χ1) is 9.10. The van der Waals surface area contributed by atoms with Gasteiger partial charge in [0.25, 0.3) is 0 Å². The summed E-state index contributed by atoms with van der Waals surface area (Å²) < 4.78 is 9.79. The molecule has 2 heterocycles. The summed E-state index contributed by atoms with van der Waals surface area (Å²) in [5.74, 6) is 1.09. The lowest BCUT2D eigenvalue weighted by Gasteiger charge is -2.10. The molecule has 0 fully saturated rings. The van der Waals surface area contributed by atoms with Crippen molar-refractivity contribution in [2.75, 3.05) is 11.1 Å². The Morgan fingerprint density at radius 2 is 2.26 bits per heavy atom. The third kappa shape index (κ3) is 3.57. The molecule has 3 N–H and O–H groups in total. The summed E-state index contributed by atoms with van der Waals surface area (Å²) in [5.41, 5.74) is 5.81. The van der Waals surface area contributed by atoms with Gasteiger partial charge >= 0.3 is 0 Å². The van der Waals surface area contributed by atoms with E-state index in [-0.39, 0.29) is 6.10 Å². The second-order valence-electron chi connectivity index (χ2n) is 4.32. The van der Waals surface area contributed by atoms with E-state index in [0.717, 1.165) is 16.4 Å². The predicted octanol–water partition coefficient (Wildman–Crippen LogP) is 3.14. The van der Waals surface area contributed by atoms with Gasteiger partial charge in [-0.05, 0) is 31.8 Å². The van der Waals surface area contributed by atoms with Crippen LogP contribution in [0.25, 0.3) is 0 Å². The Labute approximate surface area is 121 Å². The van der Waals surface area contributed by atoms with Gasteiger partial charge in [0.15, 0.2) is 16.6 Å². The van der Waals surface area contributed by atoms with Crippen LogP contribution in [0.5, 0.6) is 5.75 Å². The van der Waals surface area contributed by atoms with E-state index in [0.29, 0.717) is 18.1 Å². The van der Waals surface area contributed by atoms with Gasteiger partial charge in [0.2, 0.25) is 0 Å². The first-order valence-corrected chi connectivity index (χ1v) is 7.78. The van der Waals surface area contributed by atoms with Gasteiger partial charge in [-0.1, -0.05) is 6.92 Å². The molecule has 2 aromatic heterocycles. The monoisotopic (exact) mass is 298 g/mol. The Morgan fingerprint density at radius 1 is 1.47 bits per heavy atom. The highest BCUT2D eigenvalue weighted by molar-refractivity contribution is 7.12. The zero-order valence-electron chi connectivity index (χ0n) is 11.3. The van der Waals surface area contributed by atoms with Crippen molar-refractivity contribution in [3.8, 4) is 5.75 Å². The maximum Gasteiger partial charge on any atom is 0.197 e. The number of nitrogen functional groups attached to an aromatic ring is 1. The molecule has 104 valence electrons. The number of nitrogens with one attached hydrogen (secondary N) is 1. The Morgan fingerprint density at radius 3 is 2.89 bits per heavy atom. The van der Waals surface area contributed by atoms with Gasteiger partial charge in [-0.2, -0.15) is 4.37 Å². The van der Waals surface area contributed by atoms with Gasteiger partial charge in [0.05, 0.1) is 12.6 Å². The van der Waals surface area contributed by atoms with Crippen LogP contribution in [0.2, 0.25) is 0 Å². The molecule has 0 unspecified atom stereocenters. The third-order valence-electron chi connectivity index (χ3n) is 2.38. The van der Waals surface area contributed by atoms with Gasteiger partial charge in [-0.25, -0.2) is 4.98 Å². The van der Waals surface area contributed by atoms with Crippen molar-refractivity contribution < 1.29 is 4.74 Å². The SMILES string of the molecule is CCc1cnc(CNc2snc(N)c2OC(C)C)s1. The molecule has 7 heteroatoms. The fraction of sp³-hybridized carbons (Fsp3) is 0.500. The Balaban J connectivity index is 2.02. The number of aromatic nitrogens is 2. The first-order valence-electron chi connectivity index (χ1n) is 6.19. The fourth-order valence-corrected chi connectivity index (χ4v) is 2.95. The molecule has 0 aliphatic rings. The molecule has 2 rings (SSSR count). The van der Waals surface area contributed by atoms with Crippen LogP contribution >= 0.6 is 22.9 Å². The van der Waals surface area contributed by atoms with Crippen LogP contribution in [0.15, 0.2) is 6.20 Å². The van der Waals surface area contributed by atoms with Crippen molar-refractivity contribution in [3.63, 3.8) is 0 Å². The zero-order valence-corrected chi connectivity index (χ0v) is 12.9. The minimum Gasteiger partial charge on any atom is -0.484 e. The fourth-order valence-electron chi connectivity index (χ4n) is 1.51. The van der Waals surface area contributed by atoms with Crippen molar-refractivity contribution in [2.24, 2.45) is 0 Å². The summed E-state index contributed by atoms with van der Waals surface area (Å²) in [6.45, 7) is 6.73. The van der Waals surface area contributed by atoms with Crippen molar-refractivity contribution in [1.29, 1.82) is 0 Å². The lowest BCUT2D eigenvalue weighted by Crippen LogP contribution is -2.08. The standard InChI is InChI=1S/C12H18N4OS2/c1-4-8-5-14-9(18-8)6-15-12-10(17-7(2)3)11(13)16-19-12/h5,7,15H,4,6H2,1-3H3,(H2,13,16). The van der Waals surface area contributed by atoms with E-state index >= 15 is 0 Å². The molecule has 19 heavy (non-hydrogen) atoms. The molecule has 0 saturated heterocycles. The molecule has 0 aliphatic heterocycles. The second-order valence-corrected chi connectivity index (χ2v) is 6.29. The summed E-state index contributed by atoms with van der Waals surface area (Å²) in [7, 11) is 0. The van der Waals surface area contributed by atoms with Crippen LogP contribution in [0.1, 0.15) is 30.7 Å². The Bertz CT molecular complexity index is 536. The number of nitrogens with zero attached hydrogens (tertiary/aromatic N) is 2. The molecule has 0 bridgehead atoms. The van der Waals surface area contributed by atoms with Gasteiger partial charge in [0, 0.05) is 11.1 Å². The van der Waals surface area contributed by atoms with Crippen molar-refractivity contribution in [3.05, 3.63) is 16.1 Å². The summed E-state index contributed by atoms with van der Waals surface area (Å²) in [6, 6.07) is 0. The maximum absolute atomic E-state index is 5.81. The molecule has 0 atom stereocenters. The van der Waals surface area contributed by atoms with Crippen LogP contribution in [0.3, 0.4) is 0 Å². The molecule has 0 aromatic carbocycles. The average molecular weight is 298 g/mol. The van der Waals surface area contributed by atoms with E-state index in [4.69, 9.17) is 10.5 Å². The third-order valence-corrected chi connectivity index (χ3v) is 4.32. The van der Waals surface area contributed by atoms with E-state index in [2.05, 4.69) is 21.6 Å². The number of aryl methyl sites for hydroxylation is 1. The number of hydrogen-bond acceptors (Lipinski definition) is 7. The molecule has 0 amide bonds. The van der Waals surface area contributed by atoms with Crippen LogP contribution in [-0.2, 0) is 13.0 Å². The van der Waals surface area contributed by atoms with Gasteiger partial charge in [-0.15, -0.1) is 11.3 Å². The van der Waals surface area contributed by atoms with Gasteiger partial charge in [-0.3, -0.25) is 0 Å². The Hall–Kier alpha value is -1.34. The Kier molecular flexibility index (Phi) is 4.60. The molecule has 5 nitrogen and oxygen atoms in total. The minimum absolute atomic E-state index is 0.0748. The number of anilines is 2. The summed E-state index contributed by atoms with van der Waals surface area (Å²) in [5, 5.41) is 5.21.